The number of hydrogen-bond acceptors (Lipinski definition) is 2. The molecule has 0 unspecified atom stereocenters. The zero-order chi connectivity index (χ0) is 10.9. The highest BCUT2D eigenvalue weighted by molar-refractivity contribution is 5.84. The molecule has 2 fully saturated rings. The summed E-state index contributed by atoms with van der Waals surface area (Å²) in [6.07, 6.45) is 4.49. The SMILES string of the molecule is CC(C)N1CCC[C@]2(CCCNC2)C1=O. The molecule has 1 atom stereocenters. The van der Waals surface area contributed by atoms with E-state index in [1.807, 2.05) is 0 Å². The molecule has 2 saturated heterocycles. The van der Waals surface area contributed by atoms with Crippen molar-refractivity contribution in [3.8, 4) is 0 Å². The first-order chi connectivity index (χ1) is 7.16. The third kappa shape index (κ3) is 1.89. The van der Waals surface area contributed by atoms with Gasteiger partial charge >= 0.3 is 0 Å². The standard InChI is InChI=1S/C12H22N2O/c1-10(2)14-8-4-6-12(11(14)15)5-3-7-13-9-12/h10,13H,3-9H2,1-2H3/t12-/m0/s1. The number of likely N-dealkylation sites (tertiary alicyclic amines) is 1. The zero-order valence-corrected chi connectivity index (χ0v) is 9.88. The van der Waals surface area contributed by atoms with Gasteiger partial charge in [0.2, 0.25) is 5.91 Å². The first-order valence-electron chi connectivity index (χ1n) is 6.17. The van der Waals surface area contributed by atoms with E-state index in [2.05, 4.69) is 24.1 Å². The number of rotatable bonds is 1. The predicted molar refractivity (Wildman–Crippen MR) is 60.6 cm³/mol. The van der Waals surface area contributed by atoms with Crippen LogP contribution in [0.15, 0.2) is 0 Å². The maximum Gasteiger partial charge on any atom is 0.230 e. The van der Waals surface area contributed by atoms with Crippen LogP contribution in [0.25, 0.3) is 0 Å². The summed E-state index contributed by atoms with van der Waals surface area (Å²) in [6, 6.07) is 0.358. The Morgan fingerprint density at radius 1 is 1.33 bits per heavy atom. The summed E-state index contributed by atoms with van der Waals surface area (Å²) in [5.74, 6) is 0.399. The number of nitrogens with one attached hydrogen (secondary N) is 1. The average Bonchev–Trinajstić information content (AvgIpc) is 2.23. The van der Waals surface area contributed by atoms with Crippen molar-refractivity contribution in [1.82, 2.24) is 10.2 Å². The Balaban J connectivity index is 2.14. The van der Waals surface area contributed by atoms with E-state index in [4.69, 9.17) is 0 Å². The van der Waals surface area contributed by atoms with Crippen molar-refractivity contribution in [3.05, 3.63) is 0 Å². The van der Waals surface area contributed by atoms with E-state index >= 15 is 0 Å². The van der Waals surface area contributed by atoms with Gasteiger partial charge in [0.25, 0.3) is 0 Å². The topological polar surface area (TPSA) is 32.3 Å². The van der Waals surface area contributed by atoms with Crippen molar-refractivity contribution in [3.63, 3.8) is 0 Å². The van der Waals surface area contributed by atoms with E-state index in [0.29, 0.717) is 11.9 Å². The molecular formula is C12H22N2O. The number of carbonyl (C=O) groups excluding carboxylic acids is 1. The van der Waals surface area contributed by atoms with Crippen LogP contribution in [0, 0.1) is 5.41 Å². The van der Waals surface area contributed by atoms with E-state index < -0.39 is 0 Å². The average molecular weight is 210 g/mol. The van der Waals surface area contributed by atoms with Gasteiger partial charge in [-0.1, -0.05) is 0 Å². The van der Waals surface area contributed by atoms with Crippen molar-refractivity contribution in [2.24, 2.45) is 5.41 Å². The van der Waals surface area contributed by atoms with Gasteiger partial charge in [0.1, 0.15) is 0 Å². The van der Waals surface area contributed by atoms with Gasteiger partial charge in [-0.15, -0.1) is 0 Å². The summed E-state index contributed by atoms with van der Waals surface area (Å²) < 4.78 is 0. The lowest BCUT2D eigenvalue weighted by Gasteiger charge is -2.45. The minimum Gasteiger partial charge on any atom is -0.340 e. The van der Waals surface area contributed by atoms with Crippen molar-refractivity contribution < 1.29 is 4.79 Å². The molecule has 2 aliphatic heterocycles. The van der Waals surface area contributed by atoms with Crippen LogP contribution in [-0.2, 0) is 4.79 Å². The molecule has 0 aromatic carbocycles. The quantitative estimate of drug-likeness (QED) is 0.709. The Labute approximate surface area is 92.2 Å². The van der Waals surface area contributed by atoms with Crippen LogP contribution in [0.3, 0.4) is 0 Å². The lowest BCUT2D eigenvalue weighted by molar-refractivity contribution is -0.149. The molecule has 3 heteroatoms. The molecule has 1 spiro atoms. The predicted octanol–water partition coefficient (Wildman–Crippen LogP) is 1.39. The summed E-state index contributed by atoms with van der Waals surface area (Å²) in [7, 11) is 0. The third-order valence-electron chi connectivity index (χ3n) is 3.86. The van der Waals surface area contributed by atoms with Gasteiger partial charge < -0.3 is 10.2 Å². The van der Waals surface area contributed by atoms with Crippen LogP contribution in [0.4, 0.5) is 0 Å². The lowest BCUT2D eigenvalue weighted by atomic mass is 9.73. The molecular weight excluding hydrogens is 188 g/mol. The summed E-state index contributed by atoms with van der Waals surface area (Å²) in [6.45, 7) is 7.17. The minimum absolute atomic E-state index is 0.0548. The normalized spacial score (nSPS) is 32.7. The molecule has 0 radical (unpaired) electrons. The summed E-state index contributed by atoms with van der Waals surface area (Å²) >= 11 is 0. The Kier molecular flexibility index (Phi) is 3.01. The van der Waals surface area contributed by atoms with Crippen LogP contribution in [-0.4, -0.2) is 36.5 Å². The zero-order valence-electron chi connectivity index (χ0n) is 9.88. The molecule has 2 heterocycles. The van der Waals surface area contributed by atoms with E-state index in [1.54, 1.807) is 0 Å². The van der Waals surface area contributed by atoms with Crippen LogP contribution in [0.1, 0.15) is 39.5 Å². The van der Waals surface area contributed by atoms with Crippen LogP contribution in [0.2, 0.25) is 0 Å². The molecule has 0 aliphatic carbocycles. The molecule has 0 bridgehead atoms. The van der Waals surface area contributed by atoms with Crippen LogP contribution < -0.4 is 5.32 Å². The Bertz CT molecular complexity index is 238. The molecule has 0 aromatic rings. The van der Waals surface area contributed by atoms with Gasteiger partial charge in [-0.05, 0) is 46.1 Å². The highest BCUT2D eigenvalue weighted by Gasteiger charge is 2.44. The van der Waals surface area contributed by atoms with Crippen molar-refractivity contribution in [2.75, 3.05) is 19.6 Å². The van der Waals surface area contributed by atoms with Crippen molar-refractivity contribution in [1.29, 1.82) is 0 Å². The molecule has 0 aromatic heterocycles. The van der Waals surface area contributed by atoms with Crippen LogP contribution in [0.5, 0.6) is 0 Å². The van der Waals surface area contributed by atoms with E-state index in [-0.39, 0.29) is 5.41 Å². The summed E-state index contributed by atoms with van der Waals surface area (Å²) in [5, 5.41) is 3.39. The van der Waals surface area contributed by atoms with Gasteiger partial charge in [-0.25, -0.2) is 0 Å². The highest BCUT2D eigenvalue weighted by Crippen LogP contribution is 2.37. The molecule has 86 valence electrons. The number of amides is 1. The van der Waals surface area contributed by atoms with Gasteiger partial charge in [0, 0.05) is 19.1 Å². The second kappa shape index (κ2) is 4.12. The molecule has 2 rings (SSSR count). The minimum atomic E-state index is -0.0548. The molecule has 0 saturated carbocycles. The first-order valence-corrected chi connectivity index (χ1v) is 6.17. The number of carbonyl (C=O) groups is 1. The van der Waals surface area contributed by atoms with Gasteiger partial charge in [0.05, 0.1) is 5.41 Å². The fourth-order valence-electron chi connectivity index (χ4n) is 2.96. The lowest BCUT2D eigenvalue weighted by Crippen LogP contribution is -2.56. The second-order valence-corrected chi connectivity index (χ2v) is 5.26. The fraction of sp³-hybridized carbons (Fsp3) is 0.917. The second-order valence-electron chi connectivity index (χ2n) is 5.26. The number of nitrogens with zero attached hydrogens (tertiary/aromatic N) is 1. The Morgan fingerprint density at radius 3 is 2.67 bits per heavy atom. The number of piperidine rings is 2. The van der Waals surface area contributed by atoms with Crippen molar-refractivity contribution in [2.45, 2.75) is 45.6 Å². The van der Waals surface area contributed by atoms with Crippen LogP contribution >= 0.6 is 0 Å². The fourth-order valence-corrected chi connectivity index (χ4v) is 2.96. The molecule has 1 N–H and O–H groups in total. The first kappa shape index (κ1) is 10.9. The largest absolute Gasteiger partial charge is 0.340 e. The molecule has 15 heavy (non-hydrogen) atoms. The van der Waals surface area contributed by atoms with E-state index in [0.717, 1.165) is 38.9 Å². The van der Waals surface area contributed by atoms with E-state index in [1.165, 1.54) is 6.42 Å². The maximum atomic E-state index is 12.4. The van der Waals surface area contributed by atoms with Gasteiger partial charge in [-0.3, -0.25) is 4.79 Å². The Hall–Kier alpha value is -0.570. The highest BCUT2D eigenvalue weighted by atomic mass is 16.2. The summed E-state index contributed by atoms with van der Waals surface area (Å²) in [5.41, 5.74) is -0.0548. The molecule has 3 nitrogen and oxygen atoms in total. The Morgan fingerprint density at radius 2 is 2.07 bits per heavy atom. The summed E-state index contributed by atoms with van der Waals surface area (Å²) in [4.78, 5) is 14.5. The van der Waals surface area contributed by atoms with Gasteiger partial charge in [-0.2, -0.15) is 0 Å². The molecule has 1 amide bonds. The number of hydrogen-bond donors (Lipinski definition) is 1. The van der Waals surface area contributed by atoms with E-state index in [9.17, 15) is 4.79 Å². The monoisotopic (exact) mass is 210 g/mol. The molecule has 2 aliphatic rings. The van der Waals surface area contributed by atoms with Gasteiger partial charge in [0.15, 0.2) is 0 Å². The van der Waals surface area contributed by atoms with Crippen molar-refractivity contribution >= 4 is 5.91 Å². The maximum absolute atomic E-state index is 12.4. The third-order valence-corrected chi connectivity index (χ3v) is 3.86. The smallest absolute Gasteiger partial charge is 0.230 e.